The normalized spacial score (nSPS) is 10.7. The van der Waals surface area contributed by atoms with Crippen LogP contribution < -0.4 is 15.4 Å². The minimum absolute atomic E-state index is 0.264. The van der Waals surface area contributed by atoms with E-state index in [1.165, 1.54) is 4.70 Å². The zero-order chi connectivity index (χ0) is 23.0. The Kier molecular flexibility index (Phi) is 7.65. The first-order chi connectivity index (χ1) is 16.1. The van der Waals surface area contributed by atoms with E-state index in [0.29, 0.717) is 24.5 Å². The number of hydrogen-bond acceptors (Lipinski definition) is 5. The Morgan fingerprint density at radius 1 is 1.06 bits per heavy atom. The summed E-state index contributed by atoms with van der Waals surface area (Å²) in [5, 5.41) is 7.11. The number of thiocarbonyl (C=S) groups is 1. The van der Waals surface area contributed by atoms with E-state index in [4.69, 9.17) is 21.9 Å². The van der Waals surface area contributed by atoms with Crippen molar-refractivity contribution in [3.8, 4) is 16.3 Å². The van der Waals surface area contributed by atoms with Crippen LogP contribution in [0.1, 0.15) is 35.7 Å². The molecule has 4 rings (SSSR count). The van der Waals surface area contributed by atoms with Crippen LogP contribution in [0, 0.1) is 0 Å². The highest BCUT2D eigenvalue weighted by Crippen LogP contribution is 2.30. The lowest BCUT2D eigenvalue weighted by molar-refractivity contribution is 0.0976. The highest BCUT2D eigenvalue weighted by molar-refractivity contribution is 7.80. The fourth-order valence-electron chi connectivity index (χ4n) is 3.22. The van der Waals surface area contributed by atoms with Crippen molar-refractivity contribution in [3.05, 3.63) is 83.9 Å². The Morgan fingerprint density at radius 3 is 2.67 bits per heavy atom. The minimum atomic E-state index is -0.264. The van der Waals surface area contributed by atoms with Gasteiger partial charge < -0.3 is 10.1 Å². The smallest absolute Gasteiger partial charge is 0.257 e. The molecule has 1 aromatic heterocycles. The van der Waals surface area contributed by atoms with Gasteiger partial charge in [0.25, 0.3) is 5.91 Å². The summed E-state index contributed by atoms with van der Waals surface area (Å²) in [5.74, 6) is 0.419. The van der Waals surface area contributed by atoms with Crippen molar-refractivity contribution in [2.24, 2.45) is 0 Å². The van der Waals surface area contributed by atoms with Gasteiger partial charge in [-0.15, -0.1) is 11.3 Å². The number of carbonyl (C=O) groups excluding carboxylic acids is 1. The monoisotopic (exact) mass is 475 g/mol. The van der Waals surface area contributed by atoms with E-state index in [0.717, 1.165) is 34.5 Å². The molecule has 2 N–H and O–H groups in total. The Labute approximate surface area is 202 Å². The third-order valence-electron chi connectivity index (χ3n) is 5.04. The molecule has 5 nitrogen and oxygen atoms in total. The van der Waals surface area contributed by atoms with Crippen molar-refractivity contribution in [1.82, 2.24) is 15.6 Å². The predicted molar refractivity (Wildman–Crippen MR) is 139 cm³/mol. The maximum Gasteiger partial charge on any atom is 0.257 e. The highest BCUT2D eigenvalue weighted by Gasteiger charge is 2.10. The molecule has 3 aromatic carbocycles. The first kappa shape index (κ1) is 22.9. The Balaban J connectivity index is 1.29. The van der Waals surface area contributed by atoms with Crippen molar-refractivity contribution >= 4 is 44.8 Å². The lowest BCUT2D eigenvalue weighted by Gasteiger charge is -2.11. The number of nitrogens with one attached hydrogen (secondary N) is 2. The van der Waals surface area contributed by atoms with E-state index in [1.807, 2.05) is 36.4 Å². The average molecular weight is 476 g/mol. The number of nitrogens with zero attached hydrogens (tertiary/aromatic N) is 1. The Bertz CT molecular complexity index is 1220. The molecule has 1 amide bonds. The van der Waals surface area contributed by atoms with Gasteiger partial charge in [0.1, 0.15) is 10.8 Å². The zero-order valence-electron chi connectivity index (χ0n) is 18.3. The molecule has 0 spiro atoms. The van der Waals surface area contributed by atoms with Crippen molar-refractivity contribution in [3.63, 3.8) is 0 Å². The number of rotatable bonds is 8. The van der Waals surface area contributed by atoms with Crippen LogP contribution in [0.5, 0.6) is 5.75 Å². The van der Waals surface area contributed by atoms with Gasteiger partial charge in [-0.2, -0.15) is 0 Å². The van der Waals surface area contributed by atoms with Crippen LogP contribution in [0.2, 0.25) is 0 Å². The summed E-state index contributed by atoms with van der Waals surface area (Å²) in [6.07, 6.45) is 2.04. The van der Waals surface area contributed by atoms with Gasteiger partial charge in [-0.1, -0.05) is 55.8 Å². The number of unbranched alkanes of at least 4 members (excludes halogenated alkanes) is 1. The molecule has 7 heteroatoms. The molecular weight excluding hydrogens is 450 g/mol. The van der Waals surface area contributed by atoms with Crippen LogP contribution in [0.3, 0.4) is 0 Å². The van der Waals surface area contributed by atoms with E-state index in [1.54, 1.807) is 29.5 Å². The second-order valence-corrected chi connectivity index (χ2v) is 8.99. The van der Waals surface area contributed by atoms with Gasteiger partial charge >= 0.3 is 0 Å². The van der Waals surface area contributed by atoms with E-state index in [-0.39, 0.29) is 11.0 Å². The number of benzene rings is 3. The lowest BCUT2D eigenvalue weighted by Crippen LogP contribution is -2.38. The molecule has 0 fully saturated rings. The van der Waals surface area contributed by atoms with Gasteiger partial charge in [0.2, 0.25) is 0 Å². The van der Waals surface area contributed by atoms with Gasteiger partial charge in [0, 0.05) is 17.7 Å². The summed E-state index contributed by atoms with van der Waals surface area (Å²) in [6, 6.07) is 23.4. The summed E-state index contributed by atoms with van der Waals surface area (Å²) in [5.41, 5.74) is 3.66. The number of fused-ring (bicyclic) bond motifs is 1. The number of carbonyl (C=O) groups is 1. The fraction of sp³-hybridized carbons (Fsp3) is 0.192. The van der Waals surface area contributed by atoms with Crippen LogP contribution >= 0.6 is 23.6 Å². The molecule has 168 valence electrons. The molecule has 0 aliphatic rings. The molecule has 0 saturated carbocycles. The van der Waals surface area contributed by atoms with E-state index in [2.05, 4.69) is 35.8 Å². The maximum absolute atomic E-state index is 12.5. The van der Waals surface area contributed by atoms with Crippen LogP contribution in [-0.4, -0.2) is 22.6 Å². The van der Waals surface area contributed by atoms with Crippen LogP contribution in [0.25, 0.3) is 20.8 Å². The Hall–Kier alpha value is -3.29. The first-order valence-corrected chi connectivity index (χ1v) is 12.1. The molecule has 4 aromatic rings. The number of ether oxygens (including phenoxy) is 1. The lowest BCUT2D eigenvalue weighted by atomic mass is 10.1. The molecule has 0 bridgehead atoms. The quantitative estimate of drug-likeness (QED) is 0.244. The van der Waals surface area contributed by atoms with Gasteiger partial charge in [-0.25, -0.2) is 4.98 Å². The van der Waals surface area contributed by atoms with Gasteiger partial charge in [0.15, 0.2) is 5.11 Å². The summed E-state index contributed by atoms with van der Waals surface area (Å²) in [6.45, 7) is 3.26. The zero-order valence-corrected chi connectivity index (χ0v) is 20.0. The number of para-hydroxylation sites is 1. The van der Waals surface area contributed by atoms with E-state index in [9.17, 15) is 4.79 Å². The van der Waals surface area contributed by atoms with E-state index >= 15 is 0 Å². The predicted octanol–water partition coefficient (Wildman–Crippen LogP) is 5.95. The topological polar surface area (TPSA) is 63.2 Å². The van der Waals surface area contributed by atoms with Gasteiger partial charge in [-0.05, 0) is 54.5 Å². The highest BCUT2D eigenvalue weighted by atomic mass is 32.1. The van der Waals surface area contributed by atoms with Crippen LogP contribution in [0.4, 0.5) is 0 Å². The Morgan fingerprint density at radius 2 is 1.88 bits per heavy atom. The molecule has 0 unspecified atom stereocenters. The molecule has 0 saturated heterocycles. The standard InChI is InChI=1S/C26H25N3O2S2/c1-2-3-15-31-21-8-6-7-20(16-21)24(30)29-26(32)27-17-18-11-13-19(14-12-18)25-28-22-9-4-5-10-23(22)33-25/h4-14,16H,2-3,15,17H2,1H3,(H2,27,29,30,32). The molecule has 1 heterocycles. The molecular formula is C26H25N3O2S2. The SMILES string of the molecule is CCCCOc1cccc(C(=O)NC(=S)NCc2ccc(-c3nc4ccccc4s3)cc2)c1. The number of amides is 1. The third kappa shape index (κ3) is 6.15. The van der Waals surface area contributed by atoms with Crippen molar-refractivity contribution < 1.29 is 9.53 Å². The summed E-state index contributed by atoms with van der Waals surface area (Å²) in [7, 11) is 0. The van der Waals surface area contributed by atoms with Crippen LogP contribution in [-0.2, 0) is 6.54 Å². The second kappa shape index (κ2) is 11.0. The third-order valence-corrected chi connectivity index (χ3v) is 6.37. The summed E-state index contributed by atoms with van der Waals surface area (Å²) in [4.78, 5) is 17.2. The van der Waals surface area contributed by atoms with Gasteiger partial charge in [0.05, 0.1) is 16.8 Å². The molecule has 0 aliphatic carbocycles. The molecule has 0 aliphatic heterocycles. The first-order valence-electron chi connectivity index (χ1n) is 10.9. The van der Waals surface area contributed by atoms with E-state index < -0.39 is 0 Å². The van der Waals surface area contributed by atoms with Crippen LogP contribution in [0.15, 0.2) is 72.8 Å². The number of thiazole rings is 1. The van der Waals surface area contributed by atoms with Crippen molar-refractivity contribution in [2.45, 2.75) is 26.3 Å². The van der Waals surface area contributed by atoms with Crippen molar-refractivity contribution in [2.75, 3.05) is 6.61 Å². The summed E-state index contributed by atoms with van der Waals surface area (Å²) >= 11 is 6.99. The average Bonchev–Trinajstić information content (AvgIpc) is 3.28. The second-order valence-electron chi connectivity index (χ2n) is 7.55. The summed E-state index contributed by atoms with van der Waals surface area (Å²) < 4.78 is 6.85. The fourth-order valence-corrected chi connectivity index (χ4v) is 4.36. The molecule has 33 heavy (non-hydrogen) atoms. The van der Waals surface area contributed by atoms with Gasteiger partial charge in [-0.3, -0.25) is 10.1 Å². The number of aromatic nitrogens is 1. The number of hydrogen-bond donors (Lipinski definition) is 2. The largest absolute Gasteiger partial charge is 0.494 e. The van der Waals surface area contributed by atoms with Crippen molar-refractivity contribution in [1.29, 1.82) is 0 Å². The molecule has 0 atom stereocenters. The maximum atomic E-state index is 12.5. The molecule has 0 radical (unpaired) electrons. The minimum Gasteiger partial charge on any atom is -0.494 e.